The third-order valence-corrected chi connectivity index (χ3v) is 5.68. The van der Waals surface area contributed by atoms with Crippen molar-refractivity contribution in [2.75, 3.05) is 5.32 Å². The smallest absolute Gasteiger partial charge is 0.271 e. The van der Waals surface area contributed by atoms with Crippen molar-refractivity contribution in [1.82, 2.24) is 14.8 Å². The number of aromatic nitrogens is 3. The summed E-state index contributed by atoms with van der Waals surface area (Å²) in [7, 11) is 1.83. The van der Waals surface area contributed by atoms with Gasteiger partial charge in [-0.2, -0.15) is 0 Å². The summed E-state index contributed by atoms with van der Waals surface area (Å²) in [6.07, 6.45) is 0. The number of amides is 1. The third-order valence-electron chi connectivity index (χ3n) is 4.21. The number of thioether (sulfide) groups is 1. The summed E-state index contributed by atoms with van der Waals surface area (Å²) >= 11 is 7.28. The van der Waals surface area contributed by atoms with Crippen molar-refractivity contribution in [2.45, 2.75) is 24.3 Å². The fraction of sp³-hybridized carbons (Fsp3) is 0.211. The zero-order valence-corrected chi connectivity index (χ0v) is 17.5. The third kappa shape index (κ3) is 4.75. The van der Waals surface area contributed by atoms with Crippen molar-refractivity contribution in [3.8, 4) is 11.4 Å². The topological polar surface area (TPSA) is 103 Å². The van der Waals surface area contributed by atoms with Gasteiger partial charge in [0.15, 0.2) is 11.0 Å². The van der Waals surface area contributed by atoms with Crippen molar-refractivity contribution in [2.24, 2.45) is 7.05 Å². The molecule has 0 aliphatic rings. The van der Waals surface area contributed by atoms with E-state index in [0.29, 0.717) is 11.0 Å². The molecule has 0 radical (unpaired) electrons. The van der Waals surface area contributed by atoms with Gasteiger partial charge in [0.1, 0.15) is 0 Å². The first kappa shape index (κ1) is 20.8. The molecule has 0 bridgehead atoms. The molecule has 1 heterocycles. The largest absolute Gasteiger partial charge is 0.324 e. The Morgan fingerprint density at radius 1 is 1.24 bits per heavy atom. The first-order valence-electron chi connectivity index (χ1n) is 8.64. The van der Waals surface area contributed by atoms with Crippen LogP contribution in [0, 0.1) is 17.0 Å². The van der Waals surface area contributed by atoms with Crippen LogP contribution in [0.25, 0.3) is 11.4 Å². The average Bonchev–Trinajstić information content (AvgIpc) is 3.04. The normalized spacial score (nSPS) is 11.9. The number of nitrogens with zero attached hydrogens (tertiary/aromatic N) is 4. The van der Waals surface area contributed by atoms with Crippen LogP contribution in [-0.2, 0) is 11.8 Å². The summed E-state index contributed by atoms with van der Waals surface area (Å²) in [5.74, 6) is 0.346. The Kier molecular flexibility index (Phi) is 6.19. The highest BCUT2D eigenvalue weighted by atomic mass is 35.5. The standard InChI is InChI=1S/C19H18ClN5O3S/c1-11-4-6-13(7-5-11)17-22-23-19(24(17)3)29-12(2)18(26)21-16-10-14(25(27)28)8-9-15(16)20/h4-10,12H,1-3H3,(H,21,26). The lowest BCUT2D eigenvalue weighted by molar-refractivity contribution is -0.384. The van der Waals surface area contributed by atoms with E-state index in [0.717, 1.165) is 11.1 Å². The monoisotopic (exact) mass is 431 g/mol. The van der Waals surface area contributed by atoms with Crippen LogP contribution >= 0.6 is 23.4 Å². The van der Waals surface area contributed by atoms with Gasteiger partial charge in [0.2, 0.25) is 5.91 Å². The molecule has 0 saturated carbocycles. The van der Waals surface area contributed by atoms with Gasteiger partial charge in [0, 0.05) is 24.7 Å². The van der Waals surface area contributed by atoms with Gasteiger partial charge in [0.25, 0.3) is 5.69 Å². The maximum Gasteiger partial charge on any atom is 0.271 e. The Labute approximate surface area is 176 Å². The number of nitro benzene ring substituents is 1. The number of hydrogen-bond donors (Lipinski definition) is 1. The fourth-order valence-corrected chi connectivity index (χ4v) is 3.52. The molecular formula is C19H18ClN5O3S. The molecule has 2 aromatic carbocycles. The Morgan fingerprint density at radius 2 is 1.93 bits per heavy atom. The molecule has 0 saturated heterocycles. The second kappa shape index (κ2) is 8.62. The quantitative estimate of drug-likeness (QED) is 0.351. The van der Waals surface area contributed by atoms with Crippen molar-refractivity contribution in [1.29, 1.82) is 0 Å². The van der Waals surface area contributed by atoms with Crippen LogP contribution in [0.4, 0.5) is 11.4 Å². The molecule has 0 spiro atoms. The van der Waals surface area contributed by atoms with Gasteiger partial charge < -0.3 is 9.88 Å². The Balaban J connectivity index is 1.73. The molecule has 1 atom stereocenters. The first-order valence-corrected chi connectivity index (χ1v) is 9.90. The highest BCUT2D eigenvalue weighted by Gasteiger charge is 2.21. The van der Waals surface area contributed by atoms with Gasteiger partial charge in [-0.25, -0.2) is 0 Å². The van der Waals surface area contributed by atoms with Crippen LogP contribution in [0.5, 0.6) is 0 Å². The minimum Gasteiger partial charge on any atom is -0.324 e. The molecule has 1 N–H and O–H groups in total. The van der Waals surface area contributed by atoms with Gasteiger partial charge >= 0.3 is 0 Å². The fourth-order valence-electron chi connectivity index (χ4n) is 2.54. The van der Waals surface area contributed by atoms with Crippen LogP contribution in [0.2, 0.25) is 5.02 Å². The van der Waals surface area contributed by atoms with Crippen molar-refractivity contribution in [3.05, 3.63) is 63.2 Å². The van der Waals surface area contributed by atoms with Crippen LogP contribution in [0.1, 0.15) is 12.5 Å². The molecule has 10 heteroatoms. The van der Waals surface area contributed by atoms with E-state index < -0.39 is 10.2 Å². The van der Waals surface area contributed by atoms with Gasteiger partial charge in [-0.1, -0.05) is 53.2 Å². The number of nitrogens with one attached hydrogen (secondary N) is 1. The van der Waals surface area contributed by atoms with E-state index >= 15 is 0 Å². The number of halogens is 1. The maximum atomic E-state index is 12.6. The molecule has 1 aromatic heterocycles. The van der Waals surface area contributed by atoms with Crippen molar-refractivity contribution < 1.29 is 9.72 Å². The second-order valence-corrected chi connectivity index (χ2v) is 8.12. The molecular weight excluding hydrogens is 414 g/mol. The van der Waals surface area contributed by atoms with E-state index in [1.54, 1.807) is 6.92 Å². The zero-order chi connectivity index (χ0) is 21.1. The van der Waals surface area contributed by atoms with Crippen LogP contribution < -0.4 is 5.32 Å². The Bertz CT molecular complexity index is 1070. The SMILES string of the molecule is Cc1ccc(-c2nnc(SC(C)C(=O)Nc3cc([N+](=O)[O-])ccc3Cl)n2C)cc1. The lowest BCUT2D eigenvalue weighted by Crippen LogP contribution is -2.23. The van der Waals surface area contributed by atoms with E-state index in [2.05, 4.69) is 15.5 Å². The molecule has 150 valence electrons. The first-order chi connectivity index (χ1) is 13.8. The number of rotatable bonds is 6. The van der Waals surface area contributed by atoms with E-state index in [9.17, 15) is 14.9 Å². The minimum absolute atomic E-state index is 0.152. The van der Waals surface area contributed by atoms with E-state index in [1.807, 2.05) is 42.8 Å². The molecule has 0 fully saturated rings. The van der Waals surface area contributed by atoms with Crippen molar-refractivity contribution in [3.63, 3.8) is 0 Å². The molecule has 8 nitrogen and oxygen atoms in total. The molecule has 1 unspecified atom stereocenters. The number of anilines is 1. The Hall–Kier alpha value is -2.91. The summed E-state index contributed by atoms with van der Waals surface area (Å²) in [4.78, 5) is 22.9. The summed E-state index contributed by atoms with van der Waals surface area (Å²) in [5, 5.41) is 22.2. The van der Waals surface area contributed by atoms with E-state index in [-0.39, 0.29) is 22.3 Å². The van der Waals surface area contributed by atoms with Crippen molar-refractivity contribution >= 4 is 40.6 Å². The number of hydrogen-bond acceptors (Lipinski definition) is 6. The minimum atomic E-state index is -0.545. The average molecular weight is 432 g/mol. The molecule has 3 rings (SSSR count). The van der Waals surface area contributed by atoms with Crippen LogP contribution in [0.15, 0.2) is 47.6 Å². The van der Waals surface area contributed by atoms with E-state index in [1.165, 1.54) is 30.0 Å². The van der Waals surface area contributed by atoms with Gasteiger partial charge in [-0.05, 0) is 19.9 Å². The molecule has 0 aliphatic carbocycles. The predicted octanol–water partition coefficient (Wildman–Crippen LogP) is 4.47. The van der Waals surface area contributed by atoms with Crippen LogP contribution in [0.3, 0.4) is 0 Å². The summed E-state index contributed by atoms with van der Waals surface area (Å²) in [6, 6.07) is 11.8. The number of carbonyl (C=O) groups excluding carboxylic acids is 1. The lowest BCUT2D eigenvalue weighted by atomic mass is 10.1. The summed E-state index contributed by atoms with van der Waals surface area (Å²) < 4.78 is 1.82. The zero-order valence-electron chi connectivity index (χ0n) is 15.9. The molecule has 0 aliphatic heterocycles. The number of benzene rings is 2. The van der Waals surface area contributed by atoms with Crippen LogP contribution in [-0.4, -0.2) is 30.8 Å². The molecule has 3 aromatic rings. The lowest BCUT2D eigenvalue weighted by Gasteiger charge is -2.12. The molecule has 29 heavy (non-hydrogen) atoms. The van der Waals surface area contributed by atoms with Gasteiger partial charge in [-0.15, -0.1) is 10.2 Å². The number of aryl methyl sites for hydroxylation is 1. The number of non-ortho nitro benzene ring substituents is 1. The second-order valence-electron chi connectivity index (χ2n) is 6.40. The maximum absolute atomic E-state index is 12.6. The predicted molar refractivity (Wildman–Crippen MR) is 113 cm³/mol. The number of carbonyl (C=O) groups is 1. The molecule has 1 amide bonds. The van der Waals surface area contributed by atoms with Gasteiger partial charge in [0.05, 0.1) is 20.9 Å². The highest BCUT2D eigenvalue weighted by molar-refractivity contribution is 8.00. The Morgan fingerprint density at radius 3 is 2.59 bits per heavy atom. The van der Waals surface area contributed by atoms with Gasteiger partial charge in [-0.3, -0.25) is 14.9 Å². The highest BCUT2D eigenvalue weighted by Crippen LogP contribution is 2.29. The summed E-state index contributed by atoms with van der Waals surface area (Å²) in [5.41, 5.74) is 2.12. The number of nitro groups is 1. The summed E-state index contributed by atoms with van der Waals surface area (Å²) in [6.45, 7) is 3.72. The van der Waals surface area contributed by atoms with E-state index in [4.69, 9.17) is 11.6 Å².